The van der Waals surface area contributed by atoms with Gasteiger partial charge in [-0.1, -0.05) is 31.7 Å². The van der Waals surface area contributed by atoms with E-state index >= 15 is 0 Å². The first-order valence-electron chi connectivity index (χ1n) is 16.9. The molecule has 1 aliphatic rings. The Balaban J connectivity index is 1.45. The molecule has 1 fully saturated rings. The van der Waals surface area contributed by atoms with Gasteiger partial charge in [-0.05, 0) is 18.9 Å². The maximum atomic E-state index is 12.7. The number of allylic oxidation sites excluding steroid dienone is 1. The lowest BCUT2D eigenvalue weighted by Gasteiger charge is -2.30. The van der Waals surface area contributed by atoms with E-state index < -0.39 is 90.5 Å². The van der Waals surface area contributed by atoms with Gasteiger partial charge in [0, 0.05) is 37.1 Å². The fourth-order valence-corrected chi connectivity index (χ4v) is 8.31. The number of aliphatic carboxylic acids is 1. The number of unbranched alkanes of at least 4 members (excludes halogenated alkanes) is 1. The molecule has 2 aromatic heterocycles. The quantitative estimate of drug-likeness (QED) is 0.0360. The van der Waals surface area contributed by atoms with Crippen molar-refractivity contribution in [2.45, 2.75) is 70.2 Å². The smallest absolute Gasteiger partial charge is 0.481 e. The number of carbonyl (C=O) groups is 4. The summed E-state index contributed by atoms with van der Waals surface area (Å²) in [5.74, 6) is -2.24. The summed E-state index contributed by atoms with van der Waals surface area (Å²) in [5, 5.41) is 34.6. The van der Waals surface area contributed by atoms with Gasteiger partial charge in [-0.25, -0.2) is 28.6 Å². The van der Waals surface area contributed by atoms with Crippen molar-refractivity contribution in [1.82, 2.24) is 30.2 Å². The molecule has 0 aliphatic carbocycles. The molecule has 0 aromatic carbocycles. The summed E-state index contributed by atoms with van der Waals surface area (Å²) < 4.78 is 62.0. The van der Waals surface area contributed by atoms with Crippen LogP contribution in [0.4, 0.5) is 5.82 Å². The summed E-state index contributed by atoms with van der Waals surface area (Å²) in [4.78, 5) is 97.8. The molecular weight excluding hydrogens is 863 g/mol. The van der Waals surface area contributed by atoms with E-state index in [1.807, 2.05) is 0 Å². The van der Waals surface area contributed by atoms with Gasteiger partial charge in [0.25, 0.3) is 0 Å². The summed E-state index contributed by atoms with van der Waals surface area (Å²) in [6.07, 6.45) is -3.36. The van der Waals surface area contributed by atoms with Gasteiger partial charge in [0.1, 0.15) is 36.3 Å². The zero-order chi connectivity index (χ0) is 43.5. The Kier molecular flexibility index (Phi) is 18.1. The molecule has 2 amide bonds. The molecule has 3 rings (SSSR count). The van der Waals surface area contributed by atoms with Gasteiger partial charge in [0.15, 0.2) is 17.7 Å². The first-order chi connectivity index (χ1) is 26.9. The third-order valence-electron chi connectivity index (χ3n) is 7.76. The number of carbonyl (C=O) groups excluding carboxylic acids is 3. The second-order valence-corrected chi connectivity index (χ2v) is 18.3. The number of aromatic nitrogens is 4. The number of anilines is 1. The normalized spacial score (nSPS) is 21.4. The number of phosphoric acid groups is 3. The number of nitrogens with one attached hydrogen (secondary N) is 2. The summed E-state index contributed by atoms with van der Waals surface area (Å²) >= 11 is 0.931. The Morgan fingerprint density at radius 2 is 1.74 bits per heavy atom. The number of fused-ring (bicyclic) bond motifs is 1. The van der Waals surface area contributed by atoms with Gasteiger partial charge in [-0.15, -0.1) is 0 Å². The molecule has 0 saturated carbocycles. The van der Waals surface area contributed by atoms with Crippen LogP contribution in [-0.2, 0) is 55.5 Å². The Labute approximate surface area is 333 Å². The van der Waals surface area contributed by atoms with E-state index in [0.29, 0.717) is 12.8 Å². The number of carboxylic acid groups (broad SMARTS) is 1. The standard InChI is InChI=1S/C28H44N7O19P3S/c1-28(2,23(41)26(42)31-9-8-17(36)30-10-11-58-19(39)7-5-3-4-6-18(37)38)13-51-57(48,49)54-56(46,47)50-12-16-22(53-55(43,44)45)21(40)27(52-16)35-15-34-20-24(29)32-14-33-25(20)35/h5,7,14-16,21-23,27,40-41H,3-4,6,8-13H2,1-2H3,(H,30,36)(H,31,42)(H,37,38)(H,46,47)(H,48,49)(H2,29,32,33)(H2,43,44,45)/t16-,21-,22-,23?,27-/m1/s1. The molecule has 326 valence electrons. The minimum atomic E-state index is -5.59. The molecule has 7 atom stereocenters. The molecule has 26 nitrogen and oxygen atoms in total. The van der Waals surface area contributed by atoms with Crippen molar-refractivity contribution < 1.29 is 90.4 Å². The van der Waals surface area contributed by atoms with E-state index in [-0.39, 0.29) is 53.8 Å². The molecule has 1 saturated heterocycles. The highest BCUT2D eigenvalue weighted by Crippen LogP contribution is 2.61. The summed E-state index contributed by atoms with van der Waals surface area (Å²) in [5.41, 5.74) is 4.21. The highest BCUT2D eigenvalue weighted by Gasteiger charge is 2.50. The number of phosphoric ester groups is 3. The Morgan fingerprint density at radius 3 is 2.41 bits per heavy atom. The second kappa shape index (κ2) is 21.3. The SMILES string of the molecule is CC(C)(COP(=O)(O)OP(=O)(O)OC[C@H]1O[C@@H](n2cnc3c(N)ncnc32)[C@H](O)[C@@H]1OP(=O)(O)O)C(O)C(=O)NCCC(=O)NCCSC(=O)C=CCCCC(=O)O. The van der Waals surface area contributed by atoms with Gasteiger partial charge < -0.3 is 56.0 Å². The maximum absolute atomic E-state index is 12.7. The van der Waals surface area contributed by atoms with E-state index in [1.165, 1.54) is 19.9 Å². The van der Waals surface area contributed by atoms with Crippen LogP contribution in [0.2, 0.25) is 0 Å². The maximum Gasteiger partial charge on any atom is 0.481 e. The average Bonchev–Trinajstić information content (AvgIpc) is 3.67. The lowest BCUT2D eigenvalue weighted by molar-refractivity contribution is -0.137. The molecule has 0 spiro atoms. The second-order valence-electron chi connectivity index (χ2n) is 12.9. The molecular formula is C28H44N7O19P3S. The van der Waals surface area contributed by atoms with Crippen molar-refractivity contribution in [2.75, 3.05) is 37.8 Å². The summed E-state index contributed by atoms with van der Waals surface area (Å²) in [7, 11) is -16.4. The van der Waals surface area contributed by atoms with Crippen molar-refractivity contribution in [3.8, 4) is 0 Å². The lowest BCUT2D eigenvalue weighted by Crippen LogP contribution is -2.46. The monoisotopic (exact) mass is 907 g/mol. The number of imidazole rings is 1. The van der Waals surface area contributed by atoms with Crippen LogP contribution in [0.15, 0.2) is 24.8 Å². The van der Waals surface area contributed by atoms with Crippen LogP contribution in [0.1, 0.15) is 45.8 Å². The molecule has 3 heterocycles. The molecule has 30 heteroatoms. The fourth-order valence-electron chi connectivity index (χ4n) is 4.88. The van der Waals surface area contributed by atoms with Gasteiger partial charge >= 0.3 is 29.4 Å². The Bertz CT molecular complexity index is 1950. The molecule has 1 aliphatic heterocycles. The third kappa shape index (κ3) is 15.7. The topological polar surface area (TPSA) is 401 Å². The average molecular weight is 908 g/mol. The first kappa shape index (κ1) is 49.1. The van der Waals surface area contributed by atoms with E-state index in [1.54, 1.807) is 6.08 Å². The number of hydrogen-bond acceptors (Lipinski definition) is 19. The van der Waals surface area contributed by atoms with Crippen molar-refractivity contribution in [1.29, 1.82) is 0 Å². The highest BCUT2D eigenvalue weighted by atomic mass is 32.2. The van der Waals surface area contributed by atoms with Crippen LogP contribution in [0.25, 0.3) is 11.2 Å². The van der Waals surface area contributed by atoms with Gasteiger partial charge in [-0.3, -0.25) is 37.3 Å². The first-order valence-corrected chi connectivity index (χ1v) is 22.4. The third-order valence-corrected chi connectivity index (χ3v) is 11.7. The number of nitrogens with zero attached hydrogens (tertiary/aromatic N) is 4. The lowest BCUT2D eigenvalue weighted by atomic mass is 9.87. The molecule has 0 bridgehead atoms. The zero-order valence-corrected chi connectivity index (χ0v) is 34.2. The Morgan fingerprint density at radius 1 is 1.05 bits per heavy atom. The predicted octanol–water partition coefficient (Wildman–Crippen LogP) is -0.524. The van der Waals surface area contributed by atoms with Gasteiger partial charge in [0.2, 0.25) is 16.9 Å². The zero-order valence-electron chi connectivity index (χ0n) is 30.7. The van der Waals surface area contributed by atoms with Crippen LogP contribution in [0.3, 0.4) is 0 Å². The number of rotatable bonds is 24. The van der Waals surface area contributed by atoms with Crippen molar-refractivity contribution >= 4 is 75.1 Å². The van der Waals surface area contributed by atoms with Crippen molar-refractivity contribution in [3.05, 3.63) is 24.8 Å². The number of hydrogen-bond donors (Lipinski definition) is 10. The van der Waals surface area contributed by atoms with Crippen molar-refractivity contribution in [2.24, 2.45) is 5.41 Å². The minimum absolute atomic E-state index is 0.0104. The number of amides is 2. The van der Waals surface area contributed by atoms with Crippen LogP contribution in [-0.4, -0.2) is 134 Å². The number of nitrogen functional groups attached to an aromatic ring is 1. The fraction of sp³-hybridized carbons (Fsp3) is 0.607. The summed E-state index contributed by atoms with van der Waals surface area (Å²) in [6.45, 7) is 0.293. The Hall–Kier alpha value is -3.23. The minimum Gasteiger partial charge on any atom is -0.481 e. The molecule has 11 N–H and O–H groups in total. The van der Waals surface area contributed by atoms with Crippen LogP contribution in [0.5, 0.6) is 0 Å². The van der Waals surface area contributed by atoms with Crippen LogP contribution >= 0.6 is 35.2 Å². The number of ether oxygens (including phenoxy) is 1. The molecule has 2 aromatic rings. The molecule has 0 radical (unpaired) electrons. The van der Waals surface area contributed by atoms with E-state index in [4.69, 9.17) is 24.6 Å². The number of thioether (sulfide) groups is 1. The summed E-state index contributed by atoms with van der Waals surface area (Å²) in [6, 6.07) is 0. The van der Waals surface area contributed by atoms with E-state index in [9.17, 15) is 62.7 Å². The largest absolute Gasteiger partial charge is 0.481 e. The van der Waals surface area contributed by atoms with Crippen LogP contribution < -0.4 is 16.4 Å². The number of carboxylic acids is 1. The van der Waals surface area contributed by atoms with E-state index in [0.717, 1.165) is 29.0 Å². The number of aliphatic hydroxyl groups excluding tert-OH is 2. The number of nitrogens with two attached hydrogens (primary N) is 1. The van der Waals surface area contributed by atoms with Gasteiger partial charge in [0.05, 0.1) is 19.5 Å². The predicted molar refractivity (Wildman–Crippen MR) is 198 cm³/mol. The highest BCUT2D eigenvalue weighted by molar-refractivity contribution is 8.14. The number of aliphatic hydroxyl groups is 2. The molecule has 58 heavy (non-hydrogen) atoms. The van der Waals surface area contributed by atoms with Gasteiger partial charge in [-0.2, -0.15) is 4.31 Å². The van der Waals surface area contributed by atoms with Crippen molar-refractivity contribution in [3.63, 3.8) is 0 Å². The van der Waals surface area contributed by atoms with Crippen LogP contribution in [0, 0.1) is 5.41 Å². The molecule has 3 unspecified atom stereocenters. The van der Waals surface area contributed by atoms with E-state index in [2.05, 4.69) is 34.4 Å².